The molecular weight excluding hydrogens is 743 g/mol. The zero-order valence-electron chi connectivity index (χ0n) is 29.4. The number of hydrogen-bond acceptors (Lipinski definition) is 12. The molecule has 0 amide bonds. The van der Waals surface area contributed by atoms with Gasteiger partial charge in [0.2, 0.25) is 11.8 Å². The molecule has 282 valence electrons. The van der Waals surface area contributed by atoms with Crippen LogP contribution in [0.3, 0.4) is 0 Å². The number of hydrogen-bond donors (Lipinski definition) is 7. The largest absolute Gasteiger partial charge is 0.507 e. The normalized spacial score (nSPS) is 12.6. The molecule has 0 aliphatic rings. The minimum atomic E-state index is -4.92. The van der Waals surface area contributed by atoms with Crippen LogP contribution in [0.1, 0.15) is 32.6 Å². The first-order chi connectivity index (χ1) is 26.6. The van der Waals surface area contributed by atoms with Crippen LogP contribution >= 0.6 is 0 Å². The van der Waals surface area contributed by atoms with Gasteiger partial charge in [-0.15, -0.1) is 5.11 Å². The third-order valence-electron chi connectivity index (χ3n) is 8.36. The number of rotatable bonds is 10. The summed E-state index contributed by atoms with van der Waals surface area (Å²) in [5, 5.41) is 67.8. The highest BCUT2D eigenvalue weighted by Gasteiger charge is 2.22. The van der Waals surface area contributed by atoms with Crippen molar-refractivity contribution in [1.82, 2.24) is 0 Å². The second-order valence-corrected chi connectivity index (χ2v) is 13.7. The van der Waals surface area contributed by atoms with Crippen molar-refractivity contribution in [2.45, 2.75) is 18.7 Å². The van der Waals surface area contributed by atoms with E-state index in [1.54, 1.807) is 62.4 Å². The van der Waals surface area contributed by atoms with Crippen molar-refractivity contribution in [2.24, 2.45) is 30.4 Å². The number of azo groups is 2. The summed E-state index contributed by atoms with van der Waals surface area (Å²) in [4.78, 5) is 18.9. The van der Waals surface area contributed by atoms with Crippen LogP contribution in [0.5, 0.6) is 11.5 Å². The van der Waals surface area contributed by atoms with Crippen LogP contribution in [-0.2, 0) is 10.1 Å². The van der Waals surface area contributed by atoms with E-state index in [2.05, 4.69) is 30.4 Å². The van der Waals surface area contributed by atoms with Gasteiger partial charge < -0.3 is 31.3 Å². The summed E-state index contributed by atoms with van der Waals surface area (Å²) in [6.45, 7) is 3.44. The summed E-state index contributed by atoms with van der Waals surface area (Å²) < 4.78 is 35.0. The molecule has 0 radical (unpaired) electrons. The fourth-order valence-electron chi connectivity index (χ4n) is 5.37. The summed E-state index contributed by atoms with van der Waals surface area (Å²) in [5.41, 5.74) is 9.00. The van der Waals surface area contributed by atoms with Crippen LogP contribution in [0.25, 0.3) is 10.8 Å². The first-order valence-electron chi connectivity index (χ1n) is 16.4. The molecule has 6 aromatic rings. The number of aromatic carboxylic acids is 1. The van der Waals surface area contributed by atoms with Gasteiger partial charge in [-0.05, 0) is 133 Å². The van der Waals surface area contributed by atoms with Gasteiger partial charge in [0, 0.05) is 22.2 Å². The van der Waals surface area contributed by atoms with Crippen LogP contribution in [0, 0.1) is 13.8 Å². The maximum Gasteiger partial charge on any atom is 0.339 e. The fraction of sp³-hybridized carbons (Fsp3) is 0.0513. The van der Waals surface area contributed by atoms with Crippen LogP contribution in [-0.4, -0.2) is 56.3 Å². The van der Waals surface area contributed by atoms with Gasteiger partial charge in [-0.2, -0.15) is 23.8 Å². The Labute approximate surface area is 318 Å². The van der Waals surface area contributed by atoms with Crippen LogP contribution < -0.4 is 5.73 Å². The van der Waals surface area contributed by atoms with Crippen molar-refractivity contribution in [3.05, 3.63) is 131 Å². The lowest BCUT2D eigenvalue weighted by Gasteiger charge is -2.10. The van der Waals surface area contributed by atoms with Gasteiger partial charge in [0.25, 0.3) is 10.1 Å². The number of nitrogen functional groups attached to an aromatic ring is 1. The highest BCUT2D eigenvalue weighted by atomic mass is 32.2. The molecule has 17 heteroatoms. The van der Waals surface area contributed by atoms with Gasteiger partial charge in [0.15, 0.2) is 5.75 Å². The number of carbonyl (C=O) groups is 1. The molecule has 0 saturated carbocycles. The molecule has 16 nitrogen and oxygen atoms in total. The smallest absolute Gasteiger partial charge is 0.339 e. The number of benzene rings is 6. The standard InChI is InChI=1S/C39H31N7O9S/c1-20-15-22(3-12-31(20)40)38(50)42-27-9-11-29-24(17-27)18-34(56(53,54)55)35(36(29)48)46-45-32-13-4-23(16-21(32)2)37(49)41-25-5-7-26(8-6-25)43-44-28-10-14-33(47)30(19-28)39(51)52/h3-19,47-48H,40H2,1-2H3,(H,41,49)(H,42,50)(H,51,52)(H,53,54,55). The summed E-state index contributed by atoms with van der Waals surface area (Å²) in [6.07, 6.45) is 0. The third-order valence-corrected chi connectivity index (χ3v) is 9.23. The van der Waals surface area contributed by atoms with E-state index in [-0.39, 0.29) is 45.2 Å². The number of aliphatic imine (C=N–C) groups is 2. The lowest BCUT2D eigenvalue weighted by atomic mass is 10.1. The van der Waals surface area contributed by atoms with E-state index in [1.165, 1.54) is 48.5 Å². The molecule has 6 aromatic carbocycles. The molecule has 0 atom stereocenters. The first-order valence-corrected chi connectivity index (χ1v) is 17.8. The molecule has 0 aliphatic heterocycles. The maximum absolute atomic E-state index is 12.4. The zero-order valence-corrected chi connectivity index (χ0v) is 30.2. The lowest BCUT2D eigenvalue weighted by Crippen LogP contribution is -2.00. The molecular formula is C39H31N7O9S. The summed E-state index contributed by atoms with van der Waals surface area (Å²) in [6, 6.07) is 25.0. The number of carboxylic acid groups (broad SMARTS) is 1. The molecule has 0 aliphatic carbocycles. The Bertz CT molecular complexity index is 2780. The zero-order chi connectivity index (χ0) is 40.3. The maximum atomic E-state index is 12.4. The van der Waals surface area contributed by atoms with E-state index < -0.39 is 38.2 Å². The molecule has 0 spiro atoms. The Kier molecular flexibility index (Phi) is 10.6. The number of carboxylic acids is 1. The molecule has 0 unspecified atom stereocenters. The Balaban J connectivity index is 1.22. The number of nitrogens with zero attached hydrogens (tertiary/aromatic N) is 6. The summed E-state index contributed by atoms with van der Waals surface area (Å²) >= 11 is 0. The minimum absolute atomic E-state index is 0.170. The second kappa shape index (κ2) is 15.5. The van der Waals surface area contributed by atoms with Gasteiger partial charge in [0.1, 0.15) is 21.9 Å². The fourth-order valence-corrected chi connectivity index (χ4v) is 6.03. The Morgan fingerprint density at radius 3 is 1.86 bits per heavy atom. The number of aliphatic hydroxyl groups excluding tert-OH is 2. The van der Waals surface area contributed by atoms with E-state index in [9.17, 15) is 38.2 Å². The molecule has 6 rings (SSSR count). The minimum Gasteiger partial charge on any atom is -0.507 e. The van der Waals surface area contributed by atoms with E-state index in [1.807, 2.05) is 0 Å². The first kappa shape index (κ1) is 38.2. The van der Waals surface area contributed by atoms with Crippen LogP contribution in [0.2, 0.25) is 0 Å². The Morgan fingerprint density at radius 1 is 0.625 bits per heavy atom. The number of nitrogens with two attached hydrogens (primary N) is 1. The van der Waals surface area contributed by atoms with Gasteiger partial charge in [-0.3, -0.25) is 4.55 Å². The van der Waals surface area contributed by atoms with E-state index in [0.29, 0.717) is 33.8 Å². The number of aryl methyl sites for hydroxylation is 2. The Hall–Kier alpha value is -7.50. The molecule has 0 bridgehead atoms. The Morgan fingerprint density at radius 2 is 1.21 bits per heavy atom. The number of aromatic hydroxyl groups is 2. The number of anilines is 1. The predicted octanol–water partition coefficient (Wildman–Crippen LogP) is 9.50. The molecule has 0 fully saturated rings. The van der Waals surface area contributed by atoms with Crippen molar-refractivity contribution in [2.75, 3.05) is 5.73 Å². The van der Waals surface area contributed by atoms with Crippen LogP contribution in [0.15, 0.2) is 138 Å². The lowest BCUT2D eigenvalue weighted by molar-refractivity contribution is 0.0693. The summed E-state index contributed by atoms with van der Waals surface area (Å²) in [7, 11) is -4.92. The average molecular weight is 774 g/mol. The van der Waals surface area contributed by atoms with Crippen molar-refractivity contribution in [1.29, 1.82) is 0 Å². The number of aliphatic hydroxyl groups is 2. The quantitative estimate of drug-likeness (QED) is 0.0227. The highest BCUT2D eigenvalue weighted by Crippen LogP contribution is 2.42. The second-order valence-electron chi connectivity index (χ2n) is 12.3. The highest BCUT2D eigenvalue weighted by molar-refractivity contribution is 7.86. The predicted molar refractivity (Wildman–Crippen MR) is 210 cm³/mol. The molecule has 0 heterocycles. The SMILES string of the molecule is Cc1cc(C(O)=Nc2ccc3c(O)c(N=Nc4ccc(C(O)=Nc5ccc(N=Nc6ccc(O)c(C(=O)O)c6)cc5)cc4C)c(S(=O)(=O)O)cc3c2)ccc1N. The average Bonchev–Trinajstić information content (AvgIpc) is 3.15. The van der Waals surface area contributed by atoms with Crippen molar-refractivity contribution < 1.29 is 43.3 Å². The number of phenolic OH excluding ortho intramolecular Hbond substituents is 1. The molecule has 0 saturated heterocycles. The summed E-state index contributed by atoms with van der Waals surface area (Å²) in [5.74, 6) is -2.93. The topological polar surface area (TPSA) is 273 Å². The van der Waals surface area contributed by atoms with Crippen molar-refractivity contribution >= 4 is 78.5 Å². The van der Waals surface area contributed by atoms with Gasteiger partial charge in [0.05, 0.1) is 28.4 Å². The van der Waals surface area contributed by atoms with E-state index in [4.69, 9.17) is 10.8 Å². The molecule has 0 aromatic heterocycles. The van der Waals surface area contributed by atoms with Gasteiger partial charge in [-0.1, -0.05) is 0 Å². The van der Waals surface area contributed by atoms with Crippen LogP contribution in [0.4, 0.5) is 39.8 Å². The molecule has 8 N–H and O–H groups in total. The van der Waals surface area contributed by atoms with Gasteiger partial charge >= 0.3 is 5.97 Å². The number of fused-ring (bicyclic) bond motifs is 1. The van der Waals surface area contributed by atoms with Crippen molar-refractivity contribution in [3.63, 3.8) is 0 Å². The van der Waals surface area contributed by atoms with E-state index in [0.717, 1.165) is 11.6 Å². The van der Waals surface area contributed by atoms with Gasteiger partial charge in [-0.25, -0.2) is 14.8 Å². The number of phenols is 2. The van der Waals surface area contributed by atoms with Crippen molar-refractivity contribution in [3.8, 4) is 11.5 Å². The molecule has 56 heavy (non-hydrogen) atoms. The monoisotopic (exact) mass is 773 g/mol. The third kappa shape index (κ3) is 8.49. The van der Waals surface area contributed by atoms with E-state index >= 15 is 0 Å².